The standard InChI is InChI=1S/C16H9ClF3N3O/c17-13-6-1-10(9-23-13)14-15(22-8-7-21-14)24-12-4-2-11(3-5-12)16(18,19)20/h1-9H. The van der Waals surface area contributed by atoms with Gasteiger partial charge in [-0.25, -0.2) is 15.0 Å². The lowest BCUT2D eigenvalue weighted by Gasteiger charge is -2.10. The van der Waals surface area contributed by atoms with E-state index < -0.39 is 11.7 Å². The lowest BCUT2D eigenvalue weighted by atomic mass is 10.2. The first-order chi connectivity index (χ1) is 11.4. The predicted octanol–water partition coefficient (Wildman–Crippen LogP) is 5.00. The molecule has 0 aliphatic heterocycles. The van der Waals surface area contributed by atoms with E-state index in [2.05, 4.69) is 15.0 Å². The highest BCUT2D eigenvalue weighted by Gasteiger charge is 2.30. The number of aromatic nitrogens is 3. The topological polar surface area (TPSA) is 47.9 Å². The van der Waals surface area contributed by atoms with Crippen molar-refractivity contribution in [2.75, 3.05) is 0 Å². The summed E-state index contributed by atoms with van der Waals surface area (Å²) in [6, 6.07) is 7.61. The van der Waals surface area contributed by atoms with E-state index in [-0.39, 0.29) is 11.6 Å². The molecule has 4 nitrogen and oxygen atoms in total. The van der Waals surface area contributed by atoms with Gasteiger partial charge in [0.1, 0.15) is 16.6 Å². The maximum absolute atomic E-state index is 12.6. The van der Waals surface area contributed by atoms with Crippen molar-refractivity contribution in [2.45, 2.75) is 6.18 Å². The van der Waals surface area contributed by atoms with E-state index in [1.807, 2.05) is 0 Å². The van der Waals surface area contributed by atoms with E-state index >= 15 is 0 Å². The Morgan fingerprint density at radius 1 is 0.875 bits per heavy atom. The molecule has 3 rings (SSSR count). The Labute approximate surface area is 139 Å². The predicted molar refractivity (Wildman–Crippen MR) is 81.8 cm³/mol. The Hall–Kier alpha value is -2.67. The number of alkyl halides is 3. The Kier molecular flexibility index (Phi) is 4.35. The van der Waals surface area contributed by atoms with Gasteiger partial charge in [0.05, 0.1) is 5.56 Å². The summed E-state index contributed by atoms with van der Waals surface area (Å²) in [5, 5.41) is 0.327. The molecule has 0 fully saturated rings. The third kappa shape index (κ3) is 3.62. The Morgan fingerprint density at radius 3 is 2.21 bits per heavy atom. The Morgan fingerprint density at radius 2 is 1.58 bits per heavy atom. The zero-order valence-corrected chi connectivity index (χ0v) is 12.7. The lowest BCUT2D eigenvalue weighted by molar-refractivity contribution is -0.137. The molecular weight excluding hydrogens is 343 g/mol. The molecule has 1 aromatic carbocycles. The minimum absolute atomic E-state index is 0.154. The summed E-state index contributed by atoms with van der Waals surface area (Å²) < 4.78 is 43.3. The van der Waals surface area contributed by atoms with Gasteiger partial charge in [-0.05, 0) is 36.4 Å². The summed E-state index contributed by atoms with van der Waals surface area (Å²) in [6.07, 6.45) is 0.00694. The van der Waals surface area contributed by atoms with Crippen LogP contribution in [0.5, 0.6) is 11.6 Å². The molecule has 2 heterocycles. The van der Waals surface area contributed by atoms with Gasteiger partial charge in [-0.1, -0.05) is 11.6 Å². The molecule has 0 bridgehead atoms. The highest BCUT2D eigenvalue weighted by atomic mass is 35.5. The van der Waals surface area contributed by atoms with E-state index in [4.69, 9.17) is 16.3 Å². The van der Waals surface area contributed by atoms with Crippen LogP contribution < -0.4 is 4.74 Å². The van der Waals surface area contributed by atoms with Crippen molar-refractivity contribution in [3.05, 3.63) is 65.7 Å². The van der Waals surface area contributed by atoms with Crippen molar-refractivity contribution >= 4 is 11.6 Å². The van der Waals surface area contributed by atoms with Crippen LogP contribution >= 0.6 is 11.6 Å². The molecule has 8 heteroatoms. The number of benzene rings is 1. The Bertz CT molecular complexity index is 836. The van der Waals surface area contributed by atoms with Crippen LogP contribution in [0.2, 0.25) is 5.15 Å². The summed E-state index contributed by atoms with van der Waals surface area (Å²) in [4.78, 5) is 12.2. The molecule has 0 unspecified atom stereocenters. The van der Waals surface area contributed by atoms with Crippen molar-refractivity contribution in [2.24, 2.45) is 0 Å². The average Bonchev–Trinajstić information content (AvgIpc) is 2.56. The van der Waals surface area contributed by atoms with Gasteiger partial charge in [0.2, 0.25) is 5.88 Å². The minimum atomic E-state index is -4.40. The monoisotopic (exact) mass is 351 g/mol. The van der Waals surface area contributed by atoms with E-state index in [9.17, 15) is 13.2 Å². The highest BCUT2D eigenvalue weighted by molar-refractivity contribution is 6.29. The van der Waals surface area contributed by atoms with Crippen molar-refractivity contribution in [1.82, 2.24) is 15.0 Å². The second-order valence-electron chi connectivity index (χ2n) is 4.70. The largest absolute Gasteiger partial charge is 0.437 e. The fourth-order valence-corrected chi connectivity index (χ4v) is 2.05. The minimum Gasteiger partial charge on any atom is -0.437 e. The first-order valence-electron chi connectivity index (χ1n) is 6.71. The maximum Gasteiger partial charge on any atom is 0.416 e. The fourth-order valence-electron chi connectivity index (χ4n) is 1.94. The molecule has 0 aliphatic carbocycles. The summed E-state index contributed by atoms with van der Waals surface area (Å²) >= 11 is 5.75. The van der Waals surface area contributed by atoms with E-state index in [1.54, 1.807) is 12.1 Å². The van der Waals surface area contributed by atoms with Crippen LogP contribution in [0.1, 0.15) is 5.56 Å². The highest BCUT2D eigenvalue weighted by Crippen LogP contribution is 2.33. The Balaban J connectivity index is 1.89. The van der Waals surface area contributed by atoms with Crippen LogP contribution in [-0.4, -0.2) is 15.0 Å². The summed E-state index contributed by atoms with van der Waals surface area (Å²) in [6.45, 7) is 0. The number of pyridine rings is 1. The van der Waals surface area contributed by atoms with Gasteiger partial charge in [-0.15, -0.1) is 0 Å². The zero-order valence-electron chi connectivity index (χ0n) is 12.0. The van der Waals surface area contributed by atoms with Crippen molar-refractivity contribution in [3.8, 4) is 22.9 Å². The maximum atomic E-state index is 12.6. The number of rotatable bonds is 3. The van der Waals surface area contributed by atoms with Crippen LogP contribution in [0.15, 0.2) is 55.0 Å². The normalized spacial score (nSPS) is 11.3. The van der Waals surface area contributed by atoms with Crippen LogP contribution in [0.4, 0.5) is 13.2 Å². The van der Waals surface area contributed by atoms with Gasteiger partial charge in [0, 0.05) is 24.2 Å². The van der Waals surface area contributed by atoms with Gasteiger partial charge in [-0.2, -0.15) is 13.2 Å². The molecule has 0 radical (unpaired) electrons. The van der Waals surface area contributed by atoms with Crippen LogP contribution in [0.25, 0.3) is 11.3 Å². The number of halogens is 4. The summed E-state index contributed by atoms with van der Waals surface area (Å²) in [5.74, 6) is 0.369. The van der Waals surface area contributed by atoms with E-state index in [1.165, 1.54) is 30.7 Å². The van der Waals surface area contributed by atoms with Gasteiger partial charge >= 0.3 is 6.18 Å². The lowest BCUT2D eigenvalue weighted by Crippen LogP contribution is -2.04. The van der Waals surface area contributed by atoms with E-state index in [0.717, 1.165) is 12.1 Å². The van der Waals surface area contributed by atoms with Gasteiger partial charge in [-0.3, -0.25) is 0 Å². The quantitative estimate of drug-likeness (QED) is 0.623. The molecule has 3 aromatic rings. The molecule has 0 saturated heterocycles. The molecule has 0 amide bonds. The summed E-state index contributed by atoms with van der Waals surface area (Å²) in [7, 11) is 0. The molecular formula is C16H9ClF3N3O. The SMILES string of the molecule is FC(F)(F)c1ccc(Oc2nccnc2-c2ccc(Cl)nc2)cc1. The molecule has 24 heavy (non-hydrogen) atoms. The fraction of sp³-hybridized carbons (Fsp3) is 0.0625. The number of hydrogen-bond donors (Lipinski definition) is 0. The third-order valence-corrected chi connectivity index (χ3v) is 3.29. The number of ether oxygens (including phenoxy) is 1. The molecule has 0 spiro atoms. The van der Waals surface area contributed by atoms with Crippen LogP contribution in [0.3, 0.4) is 0 Å². The molecule has 2 aromatic heterocycles. The molecule has 122 valence electrons. The molecule has 0 aliphatic rings. The first-order valence-corrected chi connectivity index (χ1v) is 7.09. The van der Waals surface area contributed by atoms with Gasteiger partial charge < -0.3 is 4.74 Å². The van der Waals surface area contributed by atoms with Crippen molar-refractivity contribution in [1.29, 1.82) is 0 Å². The van der Waals surface area contributed by atoms with E-state index in [0.29, 0.717) is 16.4 Å². The second-order valence-corrected chi connectivity index (χ2v) is 5.09. The second kappa shape index (κ2) is 6.45. The third-order valence-electron chi connectivity index (χ3n) is 3.06. The van der Waals surface area contributed by atoms with Crippen molar-refractivity contribution in [3.63, 3.8) is 0 Å². The molecule has 0 saturated carbocycles. The first kappa shape index (κ1) is 16.2. The smallest absolute Gasteiger partial charge is 0.416 e. The van der Waals surface area contributed by atoms with Crippen molar-refractivity contribution < 1.29 is 17.9 Å². The summed E-state index contributed by atoms with van der Waals surface area (Å²) in [5.41, 5.74) is 0.270. The average molecular weight is 352 g/mol. The van der Waals surface area contributed by atoms with Gasteiger partial charge in [0.15, 0.2) is 0 Å². The van der Waals surface area contributed by atoms with Gasteiger partial charge in [0.25, 0.3) is 0 Å². The number of nitrogens with zero attached hydrogens (tertiary/aromatic N) is 3. The van der Waals surface area contributed by atoms with Crippen LogP contribution in [0, 0.1) is 0 Å². The number of hydrogen-bond acceptors (Lipinski definition) is 4. The van der Waals surface area contributed by atoms with Crippen LogP contribution in [-0.2, 0) is 6.18 Å². The molecule has 0 N–H and O–H groups in total. The zero-order chi connectivity index (χ0) is 17.2. The molecule has 0 atom stereocenters.